The van der Waals surface area contributed by atoms with E-state index in [1.54, 1.807) is 12.1 Å². The molecule has 0 fully saturated rings. The van der Waals surface area contributed by atoms with Gasteiger partial charge in [-0.25, -0.2) is 0 Å². The summed E-state index contributed by atoms with van der Waals surface area (Å²) in [5, 5.41) is 11.0. The second-order valence-corrected chi connectivity index (χ2v) is 5.29. The van der Waals surface area contributed by atoms with Crippen molar-refractivity contribution in [3.05, 3.63) is 58.6 Å². The Labute approximate surface area is 121 Å². The van der Waals surface area contributed by atoms with Gasteiger partial charge in [-0.2, -0.15) is 0 Å². The number of nitro groups is 1. The number of hydrogen-bond acceptors (Lipinski definition) is 4. The summed E-state index contributed by atoms with van der Waals surface area (Å²) < 4.78 is 5.70. The van der Waals surface area contributed by atoms with Gasteiger partial charge in [-0.15, -0.1) is 11.8 Å². The minimum absolute atomic E-state index is 0.129. The van der Waals surface area contributed by atoms with Crippen molar-refractivity contribution in [1.82, 2.24) is 0 Å². The van der Waals surface area contributed by atoms with Gasteiger partial charge in [0.1, 0.15) is 11.5 Å². The van der Waals surface area contributed by atoms with Crippen LogP contribution in [0.2, 0.25) is 0 Å². The third-order valence-electron chi connectivity index (χ3n) is 2.57. The van der Waals surface area contributed by atoms with Crippen LogP contribution in [0.1, 0.15) is 13.3 Å². The number of nitro benzene ring substituents is 1. The first-order valence-corrected chi connectivity index (χ1v) is 7.33. The van der Waals surface area contributed by atoms with Crippen molar-refractivity contribution in [2.45, 2.75) is 18.2 Å². The molecule has 0 aromatic heterocycles. The average molecular weight is 289 g/mol. The van der Waals surface area contributed by atoms with Gasteiger partial charge in [-0.3, -0.25) is 10.1 Å². The summed E-state index contributed by atoms with van der Waals surface area (Å²) in [7, 11) is 0. The Hall–Kier alpha value is -2.01. The Morgan fingerprint density at radius 1 is 1.15 bits per heavy atom. The highest BCUT2D eigenvalue weighted by Gasteiger charge is 2.15. The lowest BCUT2D eigenvalue weighted by Gasteiger charge is -2.08. The minimum Gasteiger partial charge on any atom is -0.457 e. The van der Waals surface area contributed by atoms with Gasteiger partial charge in [0.25, 0.3) is 5.69 Å². The van der Waals surface area contributed by atoms with Crippen LogP contribution in [0.5, 0.6) is 11.5 Å². The standard InChI is InChI=1S/C15H15NO3S/c1-2-10-20-15-11-13(8-9-14(15)16(17)18)19-12-6-4-3-5-7-12/h3-9,11H,2,10H2,1H3. The van der Waals surface area contributed by atoms with Crippen LogP contribution in [0.4, 0.5) is 5.69 Å². The van der Waals surface area contributed by atoms with Crippen LogP contribution in [0.3, 0.4) is 0 Å². The summed E-state index contributed by atoms with van der Waals surface area (Å²) in [4.78, 5) is 11.3. The molecule has 0 spiro atoms. The summed E-state index contributed by atoms with van der Waals surface area (Å²) in [5.41, 5.74) is 0.129. The number of benzene rings is 2. The zero-order chi connectivity index (χ0) is 14.4. The number of para-hydroxylation sites is 1. The molecule has 0 saturated carbocycles. The molecular formula is C15H15NO3S. The lowest BCUT2D eigenvalue weighted by Crippen LogP contribution is -1.92. The predicted octanol–water partition coefficient (Wildman–Crippen LogP) is 4.89. The molecule has 0 heterocycles. The van der Waals surface area contributed by atoms with E-state index in [9.17, 15) is 10.1 Å². The Morgan fingerprint density at radius 3 is 2.55 bits per heavy atom. The first-order chi connectivity index (χ1) is 9.70. The van der Waals surface area contributed by atoms with Gasteiger partial charge in [0.05, 0.1) is 9.82 Å². The third-order valence-corrected chi connectivity index (χ3v) is 3.82. The predicted molar refractivity (Wildman–Crippen MR) is 80.6 cm³/mol. The van der Waals surface area contributed by atoms with E-state index in [2.05, 4.69) is 0 Å². The molecule has 0 saturated heterocycles. The topological polar surface area (TPSA) is 52.4 Å². The van der Waals surface area contributed by atoms with Crippen LogP contribution in [-0.4, -0.2) is 10.7 Å². The Bertz CT molecular complexity index is 587. The lowest BCUT2D eigenvalue weighted by molar-refractivity contribution is -0.387. The van der Waals surface area contributed by atoms with Crippen molar-refractivity contribution in [3.63, 3.8) is 0 Å². The molecular weight excluding hydrogens is 274 g/mol. The van der Waals surface area contributed by atoms with E-state index in [0.717, 1.165) is 12.2 Å². The molecule has 0 N–H and O–H groups in total. The maximum Gasteiger partial charge on any atom is 0.283 e. The molecule has 0 unspecified atom stereocenters. The van der Waals surface area contributed by atoms with E-state index in [1.807, 2.05) is 37.3 Å². The molecule has 104 valence electrons. The molecule has 0 bridgehead atoms. The second-order valence-electron chi connectivity index (χ2n) is 4.15. The molecule has 0 amide bonds. The average Bonchev–Trinajstić information content (AvgIpc) is 2.46. The molecule has 0 aliphatic rings. The monoisotopic (exact) mass is 289 g/mol. The largest absolute Gasteiger partial charge is 0.457 e. The fourth-order valence-corrected chi connectivity index (χ4v) is 2.58. The lowest BCUT2D eigenvalue weighted by atomic mass is 10.3. The van der Waals surface area contributed by atoms with Gasteiger partial charge in [0.15, 0.2) is 0 Å². The Morgan fingerprint density at radius 2 is 1.90 bits per heavy atom. The van der Waals surface area contributed by atoms with Crippen molar-refractivity contribution in [3.8, 4) is 11.5 Å². The van der Waals surface area contributed by atoms with Crippen molar-refractivity contribution in [2.24, 2.45) is 0 Å². The van der Waals surface area contributed by atoms with Gasteiger partial charge in [-0.05, 0) is 30.4 Å². The summed E-state index contributed by atoms with van der Waals surface area (Å²) in [6.45, 7) is 2.04. The van der Waals surface area contributed by atoms with Crippen LogP contribution < -0.4 is 4.74 Å². The number of nitrogens with zero attached hydrogens (tertiary/aromatic N) is 1. The first-order valence-electron chi connectivity index (χ1n) is 6.35. The number of ether oxygens (including phenoxy) is 1. The third kappa shape index (κ3) is 3.74. The number of rotatable bonds is 6. The van der Waals surface area contributed by atoms with E-state index < -0.39 is 0 Å². The van der Waals surface area contributed by atoms with Crippen molar-refractivity contribution in [1.29, 1.82) is 0 Å². The molecule has 0 aliphatic heterocycles. The fraction of sp³-hybridized carbons (Fsp3) is 0.200. The normalized spacial score (nSPS) is 10.2. The van der Waals surface area contributed by atoms with Gasteiger partial charge >= 0.3 is 0 Å². The van der Waals surface area contributed by atoms with Crippen molar-refractivity contribution < 1.29 is 9.66 Å². The van der Waals surface area contributed by atoms with Crippen LogP contribution >= 0.6 is 11.8 Å². The zero-order valence-corrected chi connectivity index (χ0v) is 11.9. The maximum atomic E-state index is 11.0. The molecule has 2 rings (SSSR count). The van der Waals surface area contributed by atoms with Gasteiger partial charge < -0.3 is 4.74 Å². The quantitative estimate of drug-likeness (QED) is 0.431. The van der Waals surface area contributed by atoms with Crippen molar-refractivity contribution >= 4 is 17.4 Å². The molecule has 2 aromatic rings. The Kier molecular flexibility index (Phi) is 5.01. The molecule has 0 radical (unpaired) electrons. The van der Waals surface area contributed by atoms with E-state index in [4.69, 9.17) is 4.74 Å². The van der Waals surface area contributed by atoms with E-state index in [-0.39, 0.29) is 10.6 Å². The Balaban J connectivity index is 2.24. The zero-order valence-electron chi connectivity index (χ0n) is 11.1. The summed E-state index contributed by atoms with van der Waals surface area (Å²) in [6, 6.07) is 14.2. The van der Waals surface area contributed by atoms with Gasteiger partial charge in [0, 0.05) is 12.1 Å². The second kappa shape index (κ2) is 6.96. The molecule has 0 atom stereocenters. The number of thioether (sulfide) groups is 1. The van der Waals surface area contributed by atoms with Crippen LogP contribution in [-0.2, 0) is 0 Å². The molecule has 5 heteroatoms. The minimum atomic E-state index is -0.357. The fourth-order valence-electron chi connectivity index (χ4n) is 1.66. The SMILES string of the molecule is CCCSc1cc(Oc2ccccc2)ccc1[N+](=O)[O-]. The van der Waals surface area contributed by atoms with E-state index >= 15 is 0 Å². The highest BCUT2D eigenvalue weighted by atomic mass is 32.2. The van der Waals surface area contributed by atoms with E-state index in [0.29, 0.717) is 16.4 Å². The van der Waals surface area contributed by atoms with Gasteiger partial charge in [-0.1, -0.05) is 25.1 Å². The summed E-state index contributed by atoms with van der Waals surface area (Å²) in [5.74, 6) is 2.17. The molecule has 4 nitrogen and oxygen atoms in total. The highest BCUT2D eigenvalue weighted by molar-refractivity contribution is 7.99. The number of hydrogen-bond donors (Lipinski definition) is 0. The van der Waals surface area contributed by atoms with Crippen LogP contribution in [0, 0.1) is 10.1 Å². The molecule has 20 heavy (non-hydrogen) atoms. The highest BCUT2D eigenvalue weighted by Crippen LogP contribution is 2.34. The molecule has 2 aromatic carbocycles. The maximum absolute atomic E-state index is 11.0. The smallest absolute Gasteiger partial charge is 0.283 e. The first kappa shape index (κ1) is 14.4. The van der Waals surface area contributed by atoms with Gasteiger partial charge in [0.2, 0.25) is 0 Å². The van der Waals surface area contributed by atoms with Crippen LogP contribution in [0.15, 0.2) is 53.4 Å². The van der Waals surface area contributed by atoms with E-state index in [1.165, 1.54) is 17.8 Å². The molecule has 0 aliphatic carbocycles. The summed E-state index contributed by atoms with van der Waals surface area (Å²) in [6.07, 6.45) is 0.964. The van der Waals surface area contributed by atoms with Crippen LogP contribution in [0.25, 0.3) is 0 Å². The van der Waals surface area contributed by atoms with Crippen molar-refractivity contribution in [2.75, 3.05) is 5.75 Å². The summed E-state index contributed by atoms with van der Waals surface area (Å²) >= 11 is 1.48.